The van der Waals surface area contributed by atoms with Gasteiger partial charge in [0.25, 0.3) is 0 Å². The topological polar surface area (TPSA) is 199 Å². The number of nitrogens with one attached hydrogen (secondary N) is 2. The number of aryl methyl sites for hydroxylation is 3. The van der Waals surface area contributed by atoms with Crippen molar-refractivity contribution in [1.29, 1.82) is 0 Å². The van der Waals surface area contributed by atoms with Gasteiger partial charge in [0.05, 0.1) is 53.0 Å². The SMILES string of the molecule is COC(=O)C[C@@H]1N=C(c2ccc(-c3ccc4nn(CC(=O)NC(C(=O)N5C[C@H](O)C[C@H]5C(=O)N[C@@H](C)c5ccc(-c6scnc6C)cc5)C(C)(C)C)cc4c3)cc2)c2c(sc(C)c2C)-n2c(C)nnc21. The van der Waals surface area contributed by atoms with E-state index in [1.165, 1.54) is 12.0 Å². The molecule has 1 saturated heterocycles. The number of thiazole rings is 1. The number of thiophene rings is 1. The molecule has 0 bridgehead atoms. The quantitative estimate of drug-likeness (QED) is 0.103. The van der Waals surface area contributed by atoms with Gasteiger partial charge in [-0.2, -0.15) is 5.10 Å². The maximum atomic E-state index is 14.4. The molecule has 5 atom stereocenters. The number of methoxy groups -OCH3 is 1. The van der Waals surface area contributed by atoms with Crippen molar-refractivity contribution in [1.82, 2.24) is 45.1 Å². The van der Waals surface area contributed by atoms with Crippen LogP contribution in [0.5, 0.6) is 0 Å². The van der Waals surface area contributed by atoms with Crippen LogP contribution < -0.4 is 10.6 Å². The highest BCUT2D eigenvalue weighted by Gasteiger charge is 2.45. The number of amides is 3. The maximum Gasteiger partial charge on any atom is 0.308 e. The monoisotopic (exact) mass is 980 g/mol. The number of aliphatic hydroxyl groups is 1. The lowest BCUT2D eigenvalue weighted by Gasteiger charge is -2.35. The van der Waals surface area contributed by atoms with Crippen LogP contribution >= 0.6 is 22.7 Å². The van der Waals surface area contributed by atoms with Crippen molar-refractivity contribution in [3.63, 3.8) is 0 Å². The van der Waals surface area contributed by atoms with Crippen molar-refractivity contribution < 1.29 is 29.0 Å². The summed E-state index contributed by atoms with van der Waals surface area (Å²) in [5, 5.41) is 32.0. The van der Waals surface area contributed by atoms with Crippen molar-refractivity contribution >= 4 is 63.0 Å². The Morgan fingerprint density at radius 2 is 1.61 bits per heavy atom. The number of aliphatic hydroxyl groups excluding tert-OH is 1. The third-order valence-corrected chi connectivity index (χ3v) is 15.4. The number of aliphatic imine (C=N–C) groups is 1. The summed E-state index contributed by atoms with van der Waals surface area (Å²) >= 11 is 3.22. The van der Waals surface area contributed by atoms with Crippen LogP contribution in [-0.2, 0) is 30.5 Å². The molecule has 0 saturated carbocycles. The maximum absolute atomic E-state index is 14.4. The van der Waals surface area contributed by atoms with E-state index in [2.05, 4.69) is 44.8 Å². The Morgan fingerprint density at radius 3 is 2.30 bits per heavy atom. The zero-order valence-corrected chi connectivity index (χ0v) is 42.2. The highest BCUT2D eigenvalue weighted by molar-refractivity contribution is 7.15. The fourth-order valence-corrected chi connectivity index (χ4v) is 11.3. The molecule has 16 nitrogen and oxygen atoms in total. The number of β-amino-alcohol motifs (C(OH)–C–C–N with tert-alkyl or cyclic N) is 1. The Hall–Kier alpha value is -6.89. The lowest BCUT2D eigenvalue weighted by Crippen LogP contribution is -2.58. The van der Waals surface area contributed by atoms with Crippen LogP contribution in [0.2, 0.25) is 0 Å². The first kappa shape index (κ1) is 48.1. The summed E-state index contributed by atoms with van der Waals surface area (Å²) in [5.41, 5.74) is 10.3. The first-order chi connectivity index (χ1) is 33.4. The van der Waals surface area contributed by atoms with Crippen molar-refractivity contribution in [3.05, 3.63) is 123 Å². The Morgan fingerprint density at radius 1 is 0.914 bits per heavy atom. The van der Waals surface area contributed by atoms with Gasteiger partial charge < -0.3 is 25.4 Å². The number of carbonyl (C=O) groups is 4. The molecule has 3 aromatic carbocycles. The molecule has 0 radical (unpaired) electrons. The number of nitrogens with zero attached hydrogens (tertiary/aromatic N) is 8. The molecule has 7 aromatic rings. The molecule has 3 amide bonds. The van der Waals surface area contributed by atoms with Gasteiger partial charge in [0.2, 0.25) is 17.7 Å². The van der Waals surface area contributed by atoms with Gasteiger partial charge in [0.15, 0.2) is 5.82 Å². The van der Waals surface area contributed by atoms with E-state index in [0.29, 0.717) is 17.2 Å². The molecule has 1 unspecified atom stereocenters. The largest absolute Gasteiger partial charge is 0.469 e. The van der Waals surface area contributed by atoms with E-state index in [4.69, 9.17) is 9.73 Å². The summed E-state index contributed by atoms with van der Waals surface area (Å²) in [6.45, 7) is 15.3. The zero-order chi connectivity index (χ0) is 49.8. The minimum atomic E-state index is -0.994. The number of benzene rings is 3. The summed E-state index contributed by atoms with van der Waals surface area (Å²) < 4.78 is 8.61. The fourth-order valence-electron chi connectivity index (χ4n) is 9.29. The van der Waals surface area contributed by atoms with Gasteiger partial charge in [-0.25, -0.2) is 4.98 Å². The Bertz CT molecular complexity index is 3180. The smallest absolute Gasteiger partial charge is 0.308 e. The summed E-state index contributed by atoms with van der Waals surface area (Å²) in [6.07, 6.45) is 1.01. The number of fused-ring (bicyclic) bond motifs is 4. The number of ether oxygens (including phenoxy) is 1. The summed E-state index contributed by atoms with van der Waals surface area (Å²) in [5.74, 6) is -0.322. The Kier molecular flexibility index (Phi) is 13.2. The second-order valence-corrected chi connectivity index (χ2v) is 21.3. The lowest BCUT2D eigenvalue weighted by atomic mass is 9.85. The van der Waals surface area contributed by atoms with Gasteiger partial charge in [0.1, 0.15) is 35.5 Å². The molecule has 3 N–H and O–H groups in total. The fraction of sp³-hybridized carbons (Fsp3) is 0.365. The molecule has 9 rings (SSSR count). The van der Waals surface area contributed by atoms with Crippen molar-refractivity contribution in [2.45, 2.75) is 105 Å². The standard InChI is InChI=1S/C52H56N10O6S2/c1-27-30(4)70-51-44(27)45(55-40(22-43(65)68-9)48-58-57-31(5)62(48)51)34-14-12-33(13-15-34)36-18-19-39-37(20-36)23-60(59-39)25-42(64)56-47(52(6,7)8)50(67)61-24-38(63)21-41(61)49(66)54-28(2)32-10-16-35(17-11-32)46-29(3)53-26-69-46/h10-20,23,26,28,38,40-41,47,63H,21-22,24-25H2,1-9H3,(H,54,66)(H,56,64)/t28-,38+,40-,41-,47?/m0/s1. The predicted molar refractivity (Wildman–Crippen MR) is 270 cm³/mol. The van der Waals surface area contributed by atoms with Gasteiger partial charge in [0, 0.05) is 40.6 Å². The third-order valence-electron chi connectivity index (χ3n) is 13.2. The molecule has 4 aromatic heterocycles. The Balaban J connectivity index is 0.884. The minimum absolute atomic E-state index is 0.0180. The number of aromatic nitrogens is 6. The van der Waals surface area contributed by atoms with E-state index in [-0.39, 0.29) is 43.8 Å². The van der Waals surface area contributed by atoms with Crippen molar-refractivity contribution in [3.8, 4) is 26.6 Å². The molecule has 6 heterocycles. The van der Waals surface area contributed by atoms with E-state index in [0.717, 1.165) is 70.5 Å². The van der Waals surface area contributed by atoms with Crippen LogP contribution in [0.15, 0.2) is 83.4 Å². The van der Waals surface area contributed by atoms with Gasteiger partial charge in [-0.3, -0.25) is 33.4 Å². The van der Waals surface area contributed by atoms with E-state index in [1.807, 2.05) is 118 Å². The molecule has 0 spiro atoms. The zero-order valence-electron chi connectivity index (χ0n) is 40.6. The molecular weight excluding hydrogens is 925 g/mol. The van der Waals surface area contributed by atoms with Gasteiger partial charge in [-0.05, 0) is 80.0 Å². The first-order valence-electron chi connectivity index (χ1n) is 23.2. The summed E-state index contributed by atoms with van der Waals surface area (Å²) in [4.78, 5) is 67.7. The Labute approximate surface area is 413 Å². The normalized spacial score (nSPS) is 17.6. The van der Waals surface area contributed by atoms with Crippen LogP contribution in [0.25, 0.3) is 37.5 Å². The molecule has 362 valence electrons. The second-order valence-electron chi connectivity index (χ2n) is 19.2. The predicted octanol–water partition coefficient (Wildman–Crippen LogP) is 7.53. The molecule has 2 aliphatic rings. The average molecular weight is 981 g/mol. The van der Waals surface area contributed by atoms with Crippen LogP contribution in [0.3, 0.4) is 0 Å². The van der Waals surface area contributed by atoms with E-state index in [1.54, 1.807) is 33.6 Å². The first-order valence-corrected chi connectivity index (χ1v) is 24.9. The highest BCUT2D eigenvalue weighted by Crippen LogP contribution is 2.40. The van der Waals surface area contributed by atoms with Gasteiger partial charge in [-0.1, -0.05) is 75.4 Å². The van der Waals surface area contributed by atoms with E-state index < -0.39 is 41.5 Å². The molecule has 0 aliphatic carbocycles. The van der Waals surface area contributed by atoms with E-state index in [9.17, 15) is 24.3 Å². The molecule has 2 aliphatic heterocycles. The number of likely N-dealkylation sites (tertiary alicyclic amines) is 1. The second kappa shape index (κ2) is 19.1. The number of hydrogen-bond acceptors (Lipinski definition) is 13. The van der Waals surface area contributed by atoms with E-state index >= 15 is 0 Å². The number of rotatable bonds is 12. The number of carbonyl (C=O) groups excluding carboxylic acids is 4. The van der Waals surface area contributed by atoms with Crippen molar-refractivity contribution in [2.75, 3.05) is 13.7 Å². The average Bonchev–Trinajstić information content (AvgIpc) is 4.16. The molecule has 18 heteroatoms. The van der Waals surface area contributed by atoms with Crippen LogP contribution in [0, 0.1) is 33.1 Å². The van der Waals surface area contributed by atoms with Gasteiger partial charge in [-0.15, -0.1) is 32.9 Å². The minimum Gasteiger partial charge on any atom is -0.469 e. The number of esters is 1. The highest BCUT2D eigenvalue weighted by atomic mass is 32.1. The van der Waals surface area contributed by atoms with Crippen LogP contribution in [-0.4, -0.2) is 101 Å². The summed E-state index contributed by atoms with van der Waals surface area (Å²) in [6, 6.07) is 19.1. The van der Waals surface area contributed by atoms with Crippen LogP contribution in [0.1, 0.15) is 97.1 Å². The van der Waals surface area contributed by atoms with Crippen molar-refractivity contribution in [2.24, 2.45) is 10.4 Å². The third kappa shape index (κ3) is 9.42. The molecule has 1 fully saturated rings. The van der Waals surface area contributed by atoms with Crippen LogP contribution in [0.4, 0.5) is 0 Å². The molecule has 70 heavy (non-hydrogen) atoms. The van der Waals surface area contributed by atoms with Gasteiger partial charge >= 0.3 is 5.97 Å². The molecular formula is C52H56N10O6S2. The lowest BCUT2D eigenvalue weighted by molar-refractivity contribution is -0.144. The summed E-state index contributed by atoms with van der Waals surface area (Å²) in [7, 11) is 1.37. The number of hydrogen-bond donors (Lipinski definition) is 3.